The van der Waals surface area contributed by atoms with Gasteiger partial charge >= 0.3 is 18.3 Å². The summed E-state index contributed by atoms with van der Waals surface area (Å²) in [5, 5.41) is 10.8. The van der Waals surface area contributed by atoms with Crippen molar-refractivity contribution in [2.45, 2.75) is 25.2 Å². The first-order chi connectivity index (χ1) is 17.6. The number of aromatic nitrogens is 1. The second kappa shape index (κ2) is 11.5. The largest absolute Gasteiger partial charge is 0.480 e. The molecule has 0 unspecified atom stereocenters. The molecule has 0 spiro atoms. The zero-order valence-electron chi connectivity index (χ0n) is 19.0. The van der Waals surface area contributed by atoms with Gasteiger partial charge in [-0.3, -0.25) is 19.3 Å². The summed E-state index contributed by atoms with van der Waals surface area (Å²) in [7, 11) is 0. The predicted molar refractivity (Wildman–Crippen MR) is 129 cm³/mol. The van der Waals surface area contributed by atoms with Crippen LogP contribution < -0.4 is 5.32 Å². The van der Waals surface area contributed by atoms with Gasteiger partial charge in [0, 0.05) is 18.5 Å². The van der Waals surface area contributed by atoms with E-state index in [1.54, 1.807) is 0 Å². The lowest BCUT2D eigenvalue weighted by molar-refractivity contribution is -0.143. The van der Waals surface area contributed by atoms with Crippen molar-refractivity contribution in [3.63, 3.8) is 0 Å². The first kappa shape index (κ1) is 29.1. The molecule has 1 aliphatic rings. The van der Waals surface area contributed by atoms with Crippen molar-refractivity contribution in [1.82, 2.24) is 15.2 Å². The molecule has 2 N–H and O–H groups in total. The van der Waals surface area contributed by atoms with Crippen LogP contribution in [0.5, 0.6) is 0 Å². The average Bonchev–Trinajstić information content (AvgIpc) is 3.08. The molecule has 2 heterocycles. The molecule has 0 saturated carbocycles. The Balaban J connectivity index is 1.79. The highest BCUT2D eigenvalue weighted by molar-refractivity contribution is 8.26. The van der Waals surface area contributed by atoms with Crippen LogP contribution in [0.4, 0.5) is 26.3 Å². The number of alkyl halides is 6. The number of benzene rings is 1. The van der Waals surface area contributed by atoms with Crippen molar-refractivity contribution in [2.24, 2.45) is 0 Å². The average molecular weight is 578 g/mol. The zero-order chi connectivity index (χ0) is 28.3. The third-order valence-corrected chi connectivity index (χ3v) is 6.41. The van der Waals surface area contributed by atoms with Gasteiger partial charge in [-0.15, -0.1) is 0 Å². The third kappa shape index (κ3) is 7.54. The van der Waals surface area contributed by atoms with E-state index in [0.29, 0.717) is 12.1 Å². The Hall–Kier alpha value is -3.46. The number of hydrogen-bond donors (Lipinski definition) is 2. The molecule has 1 aliphatic heterocycles. The molecular weight excluding hydrogens is 560 g/mol. The Morgan fingerprint density at radius 2 is 1.71 bits per heavy atom. The van der Waals surface area contributed by atoms with Gasteiger partial charge < -0.3 is 10.4 Å². The van der Waals surface area contributed by atoms with Crippen molar-refractivity contribution in [3.05, 3.63) is 58.1 Å². The van der Waals surface area contributed by atoms with E-state index in [2.05, 4.69) is 10.3 Å². The lowest BCUT2D eigenvalue weighted by atomic mass is 10.0. The number of amides is 2. The number of carboxylic acids is 1. The molecule has 1 aromatic carbocycles. The molecule has 0 atom stereocenters. The molecule has 3 rings (SSSR count). The van der Waals surface area contributed by atoms with E-state index in [4.69, 9.17) is 17.3 Å². The van der Waals surface area contributed by atoms with E-state index < -0.39 is 53.4 Å². The number of carbonyl (C=O) groups is 3. The van der Waals surface area contributed by atoms with Crippen molar-refractivity contribution >= 4 is 52.2 Å². The first-order valence-electron chi connectivity index (χ1n) is 10.7. The van der Waals surface area contributed by atoms with E-state index in [9.17, 15) is 40.7 Å². The van der Waals surface area contributed by atoms with Gasteiger partial charge in [-0.25, -0.2) is 4.98 Å². The highest BCUT2D eigenvalue weighted by Gasteiger charge is 2.37. The quantitative estimate of drug-likeness (QED) is 0.260. The van der Waals surface area contributed by atoms with Crippen LogP contribution in [0.3, 0.4) is 0 Å². The van der Waals surface area contributed by atoms with E-state index in [-0.39, 0.29) is 46.1 Å². The lowest BCUT2D eigenvalue weighted by Crippen LogP contribution is -2.32. The molecule has 1 fully saturated rings. The van der Waals surface area contributed by atoms with Crippen LogP contribution in [0, 0.1) is 0 Å². The van der Waals surface area contributed by atoms with Gasteiger partial charge in [0.2, 0.25) is 5.91 Å². The summed E-state index contributed by atoms with van der Waals surface area (Å²) in [6.45, 7) is -0.465. The third-order valence-electron chi connectivity index (χ3n) is 5.03. The zero-order valence-corrected chi connectivity index (χ0v) is 20.7. The SMILES string of the molecule is O=C(O)CNC(=O)CCCN1C(=O)/C(=C/c2cccc(-c3cc(C(F)(F)F)cc(C(F)(F)F)c3)n2)SC1=S. The normalized spacial score (nSPS) is 15.3. The van der Waals surface area contributed by atoms with E-state index in [1.165, 1.54) is 29.2 Å². The number of halogens is 6. The molecule has 2 amide bonds. The number of carboxylic acid groups (broad SMARTS) is 1. The van der Waals surface area contributed by atoms with Crippen molar-refractivity contribution in [2.75, 3.05) is 13.1 Å². The molecule has 1 saturated heterocycles. The van der Waals surface area contributed by atoms with E-state index in [1.807, 2.05) is 0 Å². The maximum absolute atomic E-state index is 13.2. The minimum atomic E-state index is -5.02. The maximum Gasteiger partial charge on any atom is 0.416 e. The Morgan fingerprint density at radius 3 is 2.29 bits per heavy atom. The van der Waals surface area contributed by atoms with Gasteiger partial charge in [-0.05, 0) is 42.8 Å². The lowest BCUT2D eigenvalue weighted by Gasteiger charge is -2.14. The van der Waals surface area contributed by atoms with Gasteiger partial charge in [0.15, 0.2) is 0 Å². The minimum absolute atomic E-state index is 0.0223. The second-order valence-corrected chi connectivity index (χ2v) is 9.53. The van der Waals surface area contributed by atoms with E-state index in [0.717, 1.165) is 11.8 Å². The fourth-order valence-corrected chi connectivity index (χ4v) is 4.58. The molecular formula is C23H17F6N3O4S2. The van der Waals surface area contributed by atoms with Crippen LogP contribution in [-0.4, -0.2) is 50.2 Å². The monoisotopic (exact) mass is 577 g/mol. The minimum Gasteiger partial charge on any atom is -0.480 e. The maximum atomic E-state index is 13.2. The van der Waals surface area contributed by atoms with Crippen molar-refractivity contribution in [3.8, 4) is 11.3 Å². The highest BCUT2D eigenvalue weighted by atomic mass is 32.2. The van der Waals surface area contributed by atoms with Gasteiger partial charge in [0.05, 0.1) is 27.4 Å². The summed E-state index contributed by atoms with van der Waals surface area (Å²) < 4.78 is 79.5. The smallest absolute Gasteiger partial charge is 0.416 e. The van der Waals surface area contributed by atoms with Crippen LogP contribution >= 0.6 is 24.0 Å². The molecule has 1 aromatic heterocycles. The summed E-state index contributed by atoms with van der Waals surface area (Å²) in [5.74, 6) is -2.23. The van der Waals surface area contributed by atoms with Crippen LogP contribution in [0.2, 0.25) is 0 Å². The van der Waals surface area contributed by atoms with Crippen LogP contribution in [0.1, 0.15) is 29.7 Å². The van der Waals surface area contributed by atoms with Gasteiger partial charge in [0.1, 0.15) is 10.9 Å². The number of carbonyl (C=O) groups excluding carboxylic acids is 2. The number of pyridine rings is 1. The van der Waals surface area contributed by atoms with Gasteiger partial charge in [0.25, 0.3) is 5.91 Å². The Labute approximate surface area is 220 Å². The highest BCUT2D eigenvalue weighted by Crippen LogP contribution is 2.38. The number of nitrogens with zero attached hydrogens (tertiary/aromatic N) is 2. The summed E-state index contributed by atoms with van der Waals surface area (Å²) in [4.78, 5) is 40.3. The molecule has 202 valence electrons. The number of rotatable bonds is 8. The van der Waals surface area contributed by atoms with Crippen LogP contribution in [-0.2, 0) is 26.7 Å². The summed E-state index contributed by atoms with van der Waals surface area (Å²) in [6, 6.07) is 5.18. The summed E-state index contributed by atoms with van der Waals surface area (Å²) in [5.41, 5.74) is -3.43. The summed E-state index contributed by atoms with van der Waals surface area (Å²) in [6.07, 6.45) is -8.59. The Morgan fingerprint density at radius 1 is 1.08 bits per heavy atom. The van der Waals surface area contributed by atoms with Crippen molar-refractivity contribution in [1.29, 1.82) is 0 Å². The molecule has 15 heteroatoms. The Kier molecular flexibility index (Phi) is 8.82. The standard InChI is InChI=1S/C23H17F6N3O4S2/c24-22(25,26)13-7-12(8-14(9-13)23(27,28)29)16-4-1-3-15(31-16)10-17-20(36)32(21(37)38-17)6-2-5-18(33)30-11-19(34)35/h1,3-4,7-10H,2,5-6,11H2,(H,30,33)(H,34,35)/b17-10-. The first-order valence-corrected chi connectivity index (χ1v) is 11.9. The number of nitrogens with one attached hydrogen (secondary N) is 1. The van der Waals surface area contributed by atoms with Gasteiger partial charge in [-0.2, -0.15) is 26.3 Å². The number of thioether (sulfide) groups is 1. The van der Waals surface area contributed by atoms with Crippen molar-refractivity contribution < 1.29 is 45.8 Å². The molecule has 0 bridgehead atoms. The molecule has 0 aliphatic carbocycles. The fourth-order valence-electron chi connectivity index (χ4n) is 3.28. The molecule has 38 heavy (non-hydrogen) atoms. The fraction of sp³-hybridized carbons (Fsp3) is 0.261. The molecule has 0 radical (unpaired) electrons. The number of hydrogen-bond acceptors (Lipinski definition) is 6. The van der Waals surface area contributed by atoms with E-state index >= 15 is 0 Å². The second-order valence-electron chi connectivity index (χ2n) is 7.85. The summed E-state index contributed by atoms with van der Waals surface area (Å²) >= 11 is 6.11. The topological polar surface area (TPSA) is 99.6 Å². The van der Waals surface area contributed by atoms with Crippen LogP contribution in [0.25, 0.3) is 17.3 Å². The van der Waals surface area contributed by atoms with Gasteiger partial charge in [-0.1, -0.05) is 30.0 Å². The predicted octanol–water partition coefficient (Wildman–Crippen LogP) is 4.97. The Bertz CT molecular complexity index is 1280. The molecule has 7 nitrogen and oxygen atoms in total. The molecule has 2 aromatic rings. The number of aliphatic carboxylic acids is 1. The van der Waals surface area contributed by atoms with Crippen LogP contribution in [0.15, 0.2) is 41.3 Å². The number of thiocarbonyl (C=S) groups is 1.